The zero-order chi connectivity index (χ0) is 14.4. The van der Waals surface area contributed by atoms with Crippen LogP contribution in [0.3, 0.4) is 0 Å². The number of anilines is 1. The topological polar surface area (TPSA) is 78.4 Å². The molecule has 1 rings (SSSR count). The quantitative estimate of drug-likeness (QED) is 0.765. The molecule has 0 heterocycles. The number of aromatic carboxylic acids is 1. The monoisotopic (exact) mass is 264 g/mol. The predicted octanol–water partition coefficient (Wildman–Crippen LogP) is 2.86. The average molecular weight is 264 g/mol. The Morgan fingerprint density at radius 3 is 2.58 bits per heavy atom. The molecule has 0 aliphatic carbocycles. The van der Waals surface area contributed by atoms with Crippen LogP contribution < -0.4 is 10.6 Å². The third-order valence-corrected chi connectivity index (χ3v) is 3.03. The molecular formula is C14H20N2O3. The smallest absolute Gasteiger partial charge is 0.335 e. The summed E-state index contributed by atoms with van der Waals surface area (Å²) in [7, 11) is 0. The Morgan fingerprint density at radius 1 is 1.37 bits per heavy atom. The summed E-state index contributed by atoms with van der Waals surface area (Å²) < 4.78 is 0. The van der Waals surface area contributed by atoms with Crippen molar-refractivity contribution in [2.75, 3.05) is 11.9 Å². The van der Waals surface area contributed by atoms with E-state index in [-0.39, 0.29) is 11.6 Å². The molecule has 0 fully saturated rings. The maximum atomic E-state index is 11.7. The van der Waals surface area contributed by atoms with E-state index in [1.165, 1.54) is 12.1 Å². The molecule has 1 aromatic carbocycles. The minimum Gasteiger partial charge on any atom is -0.478 e. The van der Waals surface area contributed by atoms with Crippen LogP contribution in [0.25, 0.3) is 0 Å². The van der Waals surface area contributed by atoms with E-state index in [2.05, 4.69) is 24.5 Å². The van der Waals surface area contributed by atoms with Crippen LogP contribution in [0.2, 0.25) is 0 Å². The number of rotatable bonds is 5. The first-order valence-electron chi connectivity index (χ1n) is 6.32. The first-order valence-corrected chi connectivity index (χ1v) is 6.32. The number of carboxylic acid groups (broad SMARTS) is 1. The van der Waals surface area contributed by atoms with E-state index in [1.54, 1.807) is 13.0 Å². The van der Waals surface area contributed by atoms with Crippen molar-refractivity contribution in [2.45, 2.75) is 27.2 Å². The van der Waals surface area contributed by atoms with Gasteiger partial charge in [0.05, 0.1) is 5.56 Å². The van der Waals surface area contributed by atoms with Gasteiger partial charge in [-0.2, -0.15) is 0 Å². The highest BCUT2D eigenvalue weighted by atomic mass is 16.4. The molecule has 0 bridgehead atoms. The van der Waals surface area contributed by atoms with Gasteiger partial charge in [0.2, 0.25) is 0 Å². The molecule has 1 unspecified atom stereocenters. The zero-order valence-corrected chi connectivity index (χ0v) is 11.5. The summed E-state index contributed by atoms with van der Waals surface area (Å²) >= 11 is 0. The molecule has 1 aromatic rings. The molecule has 0 radical (unpaired) electrons. The van der Waals surface area contributed by atoms with Crippen molar-refractivity contribution in [3.05, 3.63) is 29.3 Å². The van der Waals surface area contributed by atoms with E-state index in [0.717, 1.165) is 12.0 Å². The summed E-state index contributed by atoms with van der Waals surface area (Å²) in [6, 6.07) is 4.33. The molecule has 0 aliphatic rings. The fourth-order valence-corrected chi connectivity index (χ4v) is 1.51. The number of aryl methyl sites for hydroxylation is 1. The van der Waals surface area contributed by atoms with Crippen LogP contribution in [0.1, 0.15) is 36.2 Å². The number of benzene rings is 1. The lowest BCUT2D eigenvalue weighted by molar-refractivity contribution is 0.0697. The van der Waals surface area contributed by atoms with Crippen LogP contribution in [-0.4, -0.2) is 23.7 Å². The zero-order valence-electron chi connectivity index (χ0n) is 11.5. The van der Waals surface area contributed by atoms with E-state index < -0.39 is 5.97 Å². The molecule has 0 aromatic heterocycles. The van der Waals surface area contributed by atoms with Crippen molar-refractivity contribution in [3.63, 3.8) is 0 Å². The molecule has 0 spiro atoms. The largest absolute Gasteiger partial charge is 0.478 e. The summed E-state index contributed by atoms with van der Waals surface area (Å²) in [5.41, 5.74) is 1.55. The number of urea groups is 1. The number of amides is 2. The number of carbonyl (C=O) groups is 2. The van der Waals surface area contributed by atoms with Gasteiger partial charge in [0.15, 0.2) is 0 Å². The summed E-state index contributed by atoms with van der Waals surface area (Å²) in [6.45, 7) is 6.51. The maximum Gasteiger partial charge on any atom is 0.335 e. The maximum absolute atomic E-state index is 11.7. The fourth-order valence-electron chi connectivity index (χ4n) is 1.51. The highest BCUT2D eigenvalue weighted by Gasteiger charge is 2.08. The molecule has 5 heteroatoms. The lowest BCUT2D eigenvalue weighted by atomic mass is 10.1. The van der Waals surface area contributed by atoms with Gasteiger partial charge in [0.25, 0.3) is 0 Å². The van der Waals surface area contributed by atoms with E-state index >= 15 is 0 Å². The highest BCUT2D eigenvalue weighted by molar-refractivity contribution is 5.92. The third kappa shape index (κ3) is 4.62. The van der Waals surface area contributed by atoms with Crippen LogP contribution >= 0.6 is 0 Å². The van der Waals surface area contributed by atoms with Crippen LogP contribution in [0.15, 0.2) is 18.2 Å². The molecule has 0 saturated heterocycles. The van der Waals surface area contributed by atoms with E-state index in [0.29, 0.717) is 18.2 Å². The van der Waals surface area contributed by atoms with Gasteiger partial charge in [-0.15, -0.1) is 0 Å². The number of carbonyl (C=O) groups excluding carboxylic acids is 1. The second-order valence-corrected chi connectivity index (χ2v) is 4.68. The van der Waals surface area contributed by atoms with Crippen molar-refractivity contribution in [1.29, 1.82) is 0 Å². The lowest BCUT2D eigenvalue weighted by Gasteiger charge is -2.12. The molecule has 3 N–H and O–H groups in total. The van der Waals surface area contributed by atoms with Gasteiger partial charge in [0.1, 0.15) is 0 Å². The van der Waals surface area contributed by atoms with Gasteiger partial charge in [0, 0.05) is 12.2 Å². The summed E-state index contributed by atoms with van der Waals surface area (Å²) in [5, 5.41) is 14.3. The number of hydrogen-bond acceptors (Lipinski definition) is 2. The van der Waals surface area contributed by atoms with Gasteiger partial charge in [-0.1, -0.05) is 20.3 Å². The van der Waals surface area contributed by atoms with E-state index in [9.17, 15) is 9.59 Å². The molecule has 0 aliphatic heterocycles. The van der Waals surface area contributed by atoms with Crippen molar-refractivity contribution < 1.29 is 14.7 Å². The minimum absolute atomic E-state index is 0.211. The summed E-state index contributed by atoms with van der Waals surface area (Å²) in [6.07, 6.45) is 1.01. The number of carboxylic acids is 1. The van der Waals surface area contributed by atoms with Crippen LogP contribution in [0.5, 0.6) is 0 Å². The Kier molecular flexibility index (Phi) is 5.36. The third-order valence-electron chi connectivity index (χ3n) is 3.03. The van der Waals surface area contributed by atoms with Crippen LogP contribution in [0.4, 0.5) is 10.5 Å². The second-order valence-electron chi connectivity index (χ2n) is 4.68. The molecule has 104 valence electrons. The van der Waals surface area contributed by atoms with Crippen LogP contribution in [0, 0.1) is 12.8 Å². The Labute approximate surface area is 113 Å². The van der Waals surface area contributed by atoms with Crippen molar-refractivity contribution in [3.8, 4) is 0 Å². The normalized spacial score (nSPS) is 11.7. The van der Waals surface area contributed by atoms with Gasteiger partial charge in [-0.25, -0.2) is 9.59 Å². The van der Waals surface area contributed by atoms with Crippen molar-refractivity contribution in [1.82, 2.24) is 5.32 Å². The molecule has 0 saturated carbocycles. The average Bonchev–Trinajstić information content (AvgIpc) is 2.38. The summed E-state index contributed by atoms with van der Waals surface area (Å²) in [5.74, 6) is -0.544. The lowest BCUT2D eigenvalue weighted by Crippen LogP contribution is -2.32. The molecular weight excluding hydrogens is 244 g/mol. The predicted molar refractivity (Wildman–Crippen MR) is 74.6 cm³/mol. The van der Waals surface area contributed by atoms with Gasteiger partial charge in [-0.3, -0.25) is 0 Å². The Morgan fingerprint density at radius 2 is 2.05 bits per heavy atom. The van der Waals surface area contributed by atoms with E-state index in [4.69, 9.17) is 5.11 Å². The highest BCUT2D eigenvalue weighted by Crippen LogP contribution is 2.16. The van der Waals surface area contributed by atoms with Gasteiger partial charge >= 0.3 is 12.0 Å². The number of hydrogen-bond donors (Lipinski definition) is 3. The first kappa shape index (κ1) is 15.0. The minimum atomic E-state index is -0.976. The standard InChI is InChI=1S/C14H20N2O3/c1-4-9(2)8-15-14(19)16-12-6-5-11(13(17)18)7-10(12)3/h5-7,9H,4,8H2,1-3H3,(H,17,18)(H2,15,16,19). The molecule has 19 heavy (non-hydrogen) atoms. The second kappa shape index (κ2) is 6.78. The molecule has 2 amide bonds. The SMILES string of the molecule is CCC(C)CNC(=O)Nc1ccc(C(=O)O)cc1C. The Bertz CT molecular complexity index is 472. The van der Waals surface area contributed by atoms with Gasteiger partial charge < -0.3 is 15.7 Å². The summed E-state index contributed by atoms with van der Waals surface area (Å²) in [4.78, 5) is 22.5. The van der Waals surface area contributed by atoms with Crippen molar-refractivity contribution >= 4 is 17.7 Å². The van der Waals surface area contributed by atoms with E-state index in [1.807, 2.05) is 0 Å². The van der Waals surface area contributed by atoms with Gasteiger partial charge in [-0.05, 0) is 36.6 Å². The van der Waals surface area contributed by atoms with Crippen LogP contribution in [-0.2, 0) is 0 Å². The Hall–Kier alpha value is -2.04. The fraction of sp³-hybridized carbons (Fsp3) is 0.429. The van der Waals surface area contributed by atoms with Crippen molar-refractivity contribution in [2.24, 2.45) is 5.92 Å². The number of nitrogens with one attached hydrogen (secondary N) is 2. The molecule has 1 atom stereocenters. The Balaban J connectivity index is 2.62. The molecule has 5 nitrogen and oxygen atoms in total. The first-order chi connectivity index (χ1) is 8.93.